The van der Waals surface area contributed by atoms with Gasteiger partial charge in [-0.05, 0) is 24.3 Å². The van der Waals surface area contributed by atoms with Crippen molar-refractivity contribution in [1.29, 1.82) is 0 Å². The number of carbonyl (C=O) groups is 2. The van der Waals surface area contributed by atoms with Gasteiger partial charge in [0, 0.05) is 33.4 Å². The maximum absolute atomic E-state index is 13.2. The maximum atomic E-state index is 13.2. The molecule has 28 heavy (non-hydrogen) atoms. The lowest BCUT2D eigenvalue weighted by Gasteiger charge is -2.21. The van der Waals surface area contributed by atoms with Gasteiger partial charge in [-0.1, -0.05) is 42.5 Å². The zero-order valence-corrected chi connectivity index (χ0v) is 16.2. The molecule has 0 N–H and O–H groups in total. The zero-order valence-electron chi connectivity index (χ0n) is 15.3. The fourth-order valence-electron chi connectivity index (χ4n) is 3.21. The van der Waals surface area contributed by atoms with Gasteiger partial charge in [-0.2, -0.15) is 4.36 Å². The van der Waals surface area contributed by atoms with Gasteiger partial charge in [0.2, 0.25) is 0 Å². The lowest BCUT2D eigenvalue weighted by Crippen LogP contribution is -2.21. The third kappa shape index (κ3) is 3.23. The Kier molecular flexibility index (Phi) is 4.35. The largest absolute Gasteiger partial charge is 0.457 e. The summed E-state index contributed by atoms with van der Waals surface area (Å²) in [6, 6.07) is 18.8. The van der Waals surface area contributed by atoms with Crippen LogP contribution in [0, 0.1) is 0 Å². The summed E-state index contributed by atoms with van der Waals surface area (Å²) in [5.74, 6) is 0.255. The van der Waals surface area contributed by atoms with Crippen LogP contribution in [0.25, 0.3) is 0 Å². The summed E-state index contributed by atoms with van der Waals surface area (Å²) in [6.45, 7) is 0. The molecule has 0 aliphatic heterocycles. The van der Waals surface area contributed by atoms with Gasteiger partial charge >= 0.3 is 0 Å². The molecule has 1 aliphatic rings. The Morgan fingerprint density at radius 3 is 2.04 bits per heavy atom. The summed E-state index contributed by atoms with van der Waals surface area (Å²) in [7, 11) is -2.49. The number of rotatable bonds is 3. The van der Waals surface area contributed by atoms with E-state index >= 15 is 0 Å². The smallest absolute Gasteiger partial charge is 0.198 e. The molecule has 5 nitrogen and oxygen atoms in total. The van der Waals surface area contributed by atoms with E-state index in [2.05, 4.69) is 4.36 Å². The Morgan fingerprint density at radius 2 is 1.36 bits per heavy atom. The van der Waals surface area contributed by atoms with E-state index in [0.29, 0.717) is 11.5 Å². The highest BCUT2D eigenvalue weighted by molar-refractivity contribution is 7.92. The van der Waals surface area contributed by atoms with E-state index in [4.69, 9.17) is 4.74 Å². The second-order valence-corrected chi connectivity index (χ2v) is 9.27. The van der Waals surface area contributed by atoms with Crippen LogP contribution < -0.4 is 4.74 Å². The van der Waals surface area contributed by atoms with Crippen LogP contribution in [0.1, 0.15) is 31.8 Å². The summed E-state index contributed by atoms with van der Waals surface area (Å²) in [5.41, 5.74) is 1.19. The topological polar surface area (TPSA) is 72.8 Å². The van der Waals surface area contributed by atoms with Crippen LogP contribution in [0.15, 0.2) is 71.1 Å². The highest BCUT2D eigenvalue weighted by Gasteiger charge is 2.34. The molecule has 0 fully saturated rings. The highest BCUT2D eigenvalue weighted by atomic mass is 32.2. The number of fused-ring (bicyclic) bond motifs is 2. The van der Waals surface area contributed by atoms with Gasteiger partial charge < -0.3 is 4.74 Å². The number of para-hydroxylation sites is 1. The van der Waals surface area contributed by atoms with Crippen LogP contribution in [-0.4, -0.2) is 28.3 Å². The number of hydrogen-bond donors (Lipinski definition) is 0. The SMILES string of the molecule is CS(C)(=O)=Nc1cccc2c1C(=O)c1cccc(Oc3ccccc3)c1C2=O. The van der Waals surface area contributed by atoms with Crippen molar-refractivity contribution in [2.24, 2.45) is 4.36 Å². The quantitative estimate of drug-likeness (QED) is 0.511. The first kappa shape index (κ1) is 18.1. The van der Waals surface area contributed by atoms with E-state index in [1.54, 1.807) is 48.5 Å². The number of ether oxygens (including phenoxy) is 1. The molecule has 0 heterocycles. The number of ketones is 2. The number of nitrogens with zero attached hydrogens (tertiary/aromatic N) is 1. The van der Waals surface area contributed by atoms with E-state index in [-0.39, 0.29) is 39.5 Å². The number of benzene rings is 3. The minimum atomic E-state index is -2.49. The minimum Gasteiger partial charge on any atom is -0.457 e. The van der Waals surface area contributed by atoms with E-state index in [0.717, 1.165) is 0 Å². The number of carbonyl (C=O) groups excluding carboxylic acids is 2. The first-order valence-electron chi connectivity index (χ1n) is 8.60. The third-order valence-electron chi connectivity index (χ3n) is 4.30. The van der Waals surface area contributed by atoms with Gasteiger partial charge in [0.25, 0.3) is 0 Å². The predicted octanol–water partition coefficient (Wildman–Crippen LogP) is 4.61. The molecule has 140 valence electrons. The van der Waals surface area contributed by atoms with Crippen molar-refractivity contribution in [2.75, 3.05) is 12.5 Å². The van der Waals surface area contributed by atoms with Crippen molar-refractivity contribution in [3.8, 4) is 11.5 Å². The van der Waals surface area contributed by atoms with Gasteiger partial charge in [0.1, 0.15) is 11.5 Å². The lowest BCUT2D eigenvalue weighted by molar-refractivity contribution is 0.0977. The van der Waals surface area contributed by atoms with Gasteiger partial charge in [0.15, 0.2) is 11.6 Å². The zero-order chi connectivity index (χ0) is 19.9. The Morgan fingerprint density at radius 1 is 0.750 bits per heavy atom. The van der Waals surface area contributed by atoms with Crippen molar-refractivity contribution in [3.05, 3.63) is 89.0 Å². The van der Waals surface area contributed by atoms with Gasteiger partial charge in [0.05, 0.1) is 16.8 Å². The molecule has 3 aromatic rings. The molecule has 6 heteroatoms. The molecule has 0 radical (unpaired) electrons. The molecule has 3 aromatic carbocycles. The van der Waals surface area contributed by atoms with E-state index in [1.165, 1.54) is 12.5 Å². The van der Waals surface area contributed by atoms with Crippen LogP contribution in [0.4, 0.5) is 5.69 Å². The van der Waals surface area contributed by atoms with Crippen molar-refractivity contribution in [2.45, 2.75) is 0 Å². The summed E-state index contributed by atoms with van der Waals surface area (Å²) in [4.78, 5) is 26.4. The fourth-order valence-corrected chi connectivity index (χ4v) is 3.83. The first-order chi connectivity index (χ1) is 13.3. The molecule has 0 spiro atoms. The summed E-state index contributed by atoms with van der Waals surface area (Å²) < 4.78 is 22.2. The monoisotopic (exact) mass is 391 g/mol. The second-order valence-electron chi connectivity index (χ2n) is 6.72. The Labute approximate surface area is 163 Å². The molecule has 1 aliphatic carbocycles. The average Bonchev–Trinajstić information content (AvgIpc) is 2.65. The molecule has 0 saturated carbocycles. The van der Waals surface area contributed by atoms with Crippen LogP contribution in [0.5, 0.6) is 11.5 Å². The van der Waals surface area contributed by atoms with Gasteiger partial charge in [-0.25, -0.2) is 4.21 Å². The van der Waals surface area contributed by atoms with Crippen molar-refractivity contribution in [3.63, 3.8) is 0 Å². The highest BCUT2D eigenvalue weighted by Crippen LogP contribution is 2.38. The molecule has 0 bridgehead atoms. The molecule has 0 saturated heterocycles. The Bertz CT molecular complexity index is 1230. The van der Waals surface area contributed by atoms with E-state index in [9.17, 15) is 13.8 Å². The van der Waals surface area contributed by atoms with Crippen molar-refractivity contribution < 1.29 is 18.5 Å². The van der Waals surface area contributed by atoms with Gasteiger partial charge in [-0.15, -0.1) is 0 Å². The van der Waals surface area contributed by atoms with Crippen molar-refractivity contribution >= 4 is 27.0 Å². The van der Waals surface area contributed by atoms with Crippen LogP contribution >= 0.6 is 0 Å². The van der Waals surface area contributed by atoms with E-state index in [1.807, 2.05) is 18.2 Å². The minimum absolute atomic E-state index is 0.188. The molecular weight excluding hydrogens is 374 g/mol. The molecular formula is C22H17NO4S. The van der Waals surface area contributed by atoms with E-state index < -0.39 is 9.73 Å². The van der Waals surface area contributed by atoms with Crippen LogP contribution in [-0.2, 0) is 9.73 Å². The number of hydrogen-bond acceptors (Lipinski definition) is 5. The summed E-state index contributed by atoms with van der Waals surface area (Å²) in [5, 5.41) is 0. The average molecular weight is 391 g/mol. The summed E-state index contributed by atoms with van der Waals surface area (Å²) in [6.07, 6.45) is 2.97. The third-order valence-corrected chi connectivity index (χ3v) is 4.94. The first-order valence-corrected chi connectivity index (χ1v) is 10.9. The van der Waals surface area contributed by atoms with Crippen LogP contribution in [0.3, 0.4) is 0 Å². The van der Waals surface area contributed by atoms with Crippen LogP contribution in [0.2, 0.25) is 0 Å². The predicted molar refractivity (Wildman–Crippen MR) is 108 cm³/mol. The molecule has 0 atom stereocenters. The second kappa shape index (κ2) is 6.73. The normalized spacial score (nSPS) is 12.9. The fraction of sp³-hybridized carbons (Fsp3) is 0.0909. The molecule has 4 rings (SSSR count). The maximum Gasteiger partial charge on any atom is 0.198 e. The Balaban J connectivity index is 1.89. The standard InChI is InChI=1S/C22H17NO4S/c1-28(2,26)23-17-12-6-10-15-19(17)21(24)16-11-7-13-18(20(16)22(15)25)27-14-8-4-3-5-9-14/h3-13H,1-2H3. The van der Waals surface area contributed by atoms with Gasteiger partial charge in [-0.3, -0.25) is 9.59 Å². The molecule has 0 amide bonds. The van der Waals surface area contributed by atoms with Crippen molar-refractivity contribution in [1.82, 2.24) is 0 Å². The molecule has 0 aromatic heterocycles. The molecule has 0 unspecified atom stereocenters. The summed E-state index contributed by atoms with van der Waals surface area (Å²) >= 11 is 0. The Hall–Kier alpha value is -3.25. The lowest BCUT2D eigenvalue weighted by atomic mass is 9.83.